The Labute approximate surface area is 829 Å². The van der Waals surface area contributed by atoms with E-state index in [4.69, 9.17) is 79.8 Å². The number of halogens is 4. The molecule has 6 N–H and O–H groups in total. The Morgan fingerprint density at radius 2 is 0.971 bits per heavy atom. The highest BCUT2D eigenvalue weighted by molar-refractivity contribution is 8.13. The number of aromatic amines is 4. The van der Waals surface area contributed by atoms with Crippen LogP contribution in [0.4, 0.5) is 20.3 Å². The molecular formula is C108H120Cl4N14O11S. The summed E-state index contributed by atoms with van der Waals surface area (Å²) in [6.07, 6.45) is 14.8. The second kappa shape index (κ2) is 45.0. The molecule has 0 spiro atoms. The number of carbonyl (C=O) groups excluding carboxylic acids is 5. The Bertz CT molecular complexity index is 6500. The van der Waals surface area contributed by atoms with Crippen LogP contribution in [-0.2, 0) is 55.2 Å². The topological polar surface area (TPSA) is 282 Å². The van der Waals surface area contributed by atoms with Crippen molar-refractivity contribution in [1.82, 2.24) is 59.7 Å². The number of aromatic nitrogens is 6. The monoisotopic (exact) mass is 1960 g/mol. The molecule has 3 fully saturated rings. The summed E-state index contributed by atoms with van der Waals surface area (Å²) in [4.78, 5) is 102. The lowest BCUT2D eigenvalue weighted by molar-refractivity contribution is -0.114. The number of morpholine rings is 1. The fourth-order valence-electron chi connectivity index (χ4n) is 20.7. The van der Waals surface area contributed by atoms with Gasteiger partial charge in [-0.3, -0.25) is 39.5 Å². The maximum absolute atomic E-state index is 13.8. The van der Waals surface area contributed by atoms with Crippen LogP contribution in [0, 0.1) is 17.8 Å². The zero-order valence-electron chi connectivity index (χ0n) is 79.3. The summed E-state index contributed by atoms with van der Waals surface area (Å²) in [6.45, 7) is 19.4. The largest absolute Gasteiger partial charge is 0.497 e. The number of H-pyrrole nitrogens is 4. The molecule has 7 unspecified atom stereocenters. The van der Waals surface area contributed by atoms with E-state index in [1.54, 1.807) is 56.3 Å². The summed E-state index contributed by atoms with van der Waals surface area (Å²) in [5.74, 6) is 3.87. The number of rotatable bonds is 18. The number of thioether (sulfide) groups is 1. The quantitative estimate of drug-likeness (QED) is 0.0264. The van der Waals surface area contributed by atoms with E-state index in [0.29, 0.717) is 95.6 Å². The van der Waals surface area contributed by atoms with Gasteiger partial charge < -0.3 is 58.6 Å². The molecule has 8 aromatic carbocycles. The zero-order valence-corrected chi connectivity index (χ0v) is 83.1. The van der Waals surface area contributed by atoms with Crippen LogP contribution < -0.4 is 20.1 Å². The van der Waals surface area contributed by atoms with Gasteiger partial charge in [0, 0.05) is 175 Å². The number of amidine groups is 1. The van der Waals surface area contributed by atoms with Gasteiger partial charge in [0.25, 0.3) is 5.91 Å². The number of aliphatic imine (C=N–C) groups is 1. The first-order valence-corrected chi connectivity index (χ1v) is 50.7. The van der Waals surface area contributed by atoms with E-state index in [9.17, 15) is 24.0 Å². The third kappa shape index (κ3) is 22.4. The molecule has 0 radical (unpaired) electrons. The summed E-state index contributed by atoms with van der Waals surface area (Å²) in [5.41, 5.74) is 18.7. The van der Waals surface area contributed by atoms with Gasteiger partial charge in [0.1, 0.15) is 35.7 Å². The first-order valence-electron chi connectivity index (χ1n) is 48.2. The molecule has 722 valence electrons. The van der Waals surface area contributed by atoms with Crippen molar-refractivity contribution < 1.29 is 52.4 Å². The van der Waals surface area contributed by atoms with Gasteiger partial charge in [0.2, 0.25) is 11.9 Å². The van der Waals surface area contributed by atoms with Crippen LogP contribution in [0.2, 0.25) is 20.1 Å². The first kappa shape index (κ1) is 97.9. The Morgan fingerprint density at radius 1 is 0.514 bits per heavy atom. The molecule has 13 aromatic rings. The summed E-state index contributed by atoms with van der Waals surface area (Å²) in [5, 5.41) is 14.0. The molecule has 7 atom stereocenters. The van der Waals surface area contributed by atoms with Gasteiger partial charge in [-0.25, -0.2) is 24.4 Å². The number of ether oxygens (including phenoxy) is 6. The lowest BCUT2D eigenvalue weighted by Crippen LogP contribution is -2.44. The smallest absolute Gasteiger partial charge is 0.410 e. The maximum Gasteiger partial charge on any atom is 0.410 e. The molecule has 7 aliphatic rings. The molecule has 5 aliphatic heterocycles. The highest BCUT2D eigenvalue weighted by atomic mass is 35.5. The van der Waals surface area contributed by atoms with Crippen molar-refractivity contribution >= 4 is 143 Å². The lowest BCUT2D eigenvalue weighted by atomic mass is 9.75. The normalized spacial score (nSPS) is 19.4. The van der Waals surface area contributed by atoms with Gasteiger partial charge >= 0.3 is 18.3 Å². The van der Waals surface area contributed by atoms with Crippen LogP contribution >= 0.6 is 58.2 Å². The summed E-state index contributed by atoms with van der Waals surface area (Å²) < 4.78 is 33.2. The number of methoxy groups -OCH3 is 2. The Hall–Kier alpha value is -11.8. The van der Waals surface area contributed by atoms with Gasteiger partial charge in [0.15, 0.2) is 5.17 Å². The molecule has 30 heteroatoms. The van der Waals surface area contributed by atoms with Gasteiger partial charge in [-0.2, -0.15) is 0 Å². The van der Waals surface area contributed by atoms with E-state index < -0.39 is 18.2 Å². The second-order valence-corrected chi connectivity index (χ2v) is 39.4. The molecule has 2 aliphatic carbocycles. The van der Waals surface area contributed by atoms with Crippen LogP contribution in [0.25, 0.3) is 43.6 Å². The fourth-order valence-corrected chi connectivity index (χ4v) is 22.5. The average molecular weight is 1960 g/mol. The van der Waals surface area contributed by atoms with Crippen LogP contribution in [0.5, 0.6) is 11.5 Å². The highest BCUT2D eigenvalue weighted by Gasteiger charge is 2.43. The van der Waals surface area contributed by atoms with E-state index in [2.05, 4.69) is 138 Å². The van der Waals surface area contributed by atoms with Crippen molar-refractivity contribution in [3.63, 3.8) is 0 Å². The van der Waals surface area contributed by atoms with Crippen LogP contribution in [0.3, 0.4) is 0 Å². The number of nitrogens with zero attached hydrogens (tertiary/aromatic N) is 8. The number of benzene rings is 8. The van der Waals surface area contributed by atoms with Crippen molar-refractivity contribution in [3.05, 3.63) is 287 Å². The minimum atomic E-state index is -0.435. The van der Waals surface area contributed by atoms with Crippen molar-refractivity contribution in [2.75, 3.05) is 98.3 Å². The van der Waals surface area contributed by atoms with E-state index in [1.807, 2.05) is 120 Å². The molecule has 1 saturated heterocycles. The summed E-state index contributed by atoms with van der Waals surface area (Å²) in [6, 6.07) is 57.7. The van der Waals surface area contributed by atoms with Gasteiger partial charge in [-0.1, -0.05) is 171 Å². The maximum atomic E-state index is 13.8. The zero-order chi connectivity index (χ0) is 96.2. The number of nitrogens with one attached hydrogen (secondary N) is 6. The first-order chi connectivity index (χ1) is 67.1. The predicted molar refractivity (Wildman–Crippen MR) is 548 cm³/mol. The van der Waals surface area contributed by atoms with Crippen LogP contribution in [-0.4, -0.2) is 195 Å². The third-order valence-electron chi connectivity index (χ3n) is 27.6. The van der Waals surface area contributed by atoms with E-state index in [-0.39, 0.29) is 54.7 Å². The van der Waals surface area contributed by atoms with E-state index >= 15 is 0 Å². The molecule has 2 saturated carbocycles. The fraction of sp³-hybridized carbons (Fsp3) is 0.389. The average Bonchev–Trinajstić information content (AvgIpc) is 1.62. The highest BCUT2D eigenvalue weighted by Crippen LogP contribution is 2.47. The number of carbonyl (C=O) groups is 5. The van der Waals surface area contributed by atoms with Crippen LogP contribution in [0.1, 0.15) is 200 Å². The Kier molecular flexibility index (Phi) is 31.9. The molecule has 5 amide bonds. The SMILES string of the molecule is CCOC(=O)N1CCc2c([nH]c3ccc(Cl)cc23)C1c1cccc(C(=O)NCCN2CCOCC2)c1.CCOC(=O)N1CCc2c([nH]c3ccc(Cl)cc23)C1c1cnc(NC(C)=O)nc1.COc1ccc(C2c3[nH]c4ccc(Cl)cc4c3CCN2C(=NC2CCCCC2)SCc2ccccc2)cc1.COc1ccc(C2c3[nH]c4ccc(Cl)cc4c3CCN2C(=O)OC2CC(C)CCC2C(C)C)cc1. The minimum Gasteiger partial charge on any atom is -0.497 e. The molecule has 5 aromatic heterocycles. The second-order valence-electron chi connectivity index (χ2n) is 36.7. The third-order valence-corrected chi connectivity index (χ3v) is 29.6. The molecule has 0 bridgehead atoms. The number of hydrogen-bond acceptors (Lipinski definition) is 16. The van der Waals surface area contributed by atoms with Crippen molar-refractivity contribution in [2.24, 2.45) is 22.7 Å². The van der Waals surface area contributed by atoms with Crippen molar-refractivity contribution in [2.45, 2.75) is 161 Å². The summed E-state index contributed by atoms with van der Waals surface area (Å²) >= 11 is 27.1. The standard InChI is InChI=1S/C32H34ClN3OS.C29H35ClN2O3.C27H31ClN4O4.C20H20ClN5O3/c1-37-26-15-12-23(13-16-26)31-30-27(28-20-24(33)14-17-29(28)35-30)18-19-36(31)32(34-25-10-6-3-7-11-25)38-21-22-8-4-2-5-9-22;1-17(2)22-11-5-18(3)15-26(22)35-29(33)32-14-13-23-24-16-20(30)8-12-25(24)31-27(23)28(32)19-6-9-21(34-4)10-7-19;1-2-36-27(34)32-10-8-21-22-17-20(28)6-7-23(22)30-24(21)25(32)18-4-3-5-19(16-18)26(33)29-9-11-31-12-14-35-15-13-31;1-3-29-20(28)26-7-6-14-15-8-13(21)4-5-16(15)25-17(14)18(26)12-9-22-19(23-10-12)24-11(2)27/h2,4-5,8-9,12-17,20,25,31,35H,3,6-7,10-11,18-19,21H2,1H3;6-10,12,16-18,22,26,28,31H,5,11,13-15H2,1-4H3;3-7,16-17,25,30H,2,8-15H2,1H3,(H,29,33);4-5,8-10,18,25H,3,6-7H2,1-2H3,(H,22,23,24,27). The van der Waals surface area contributed by atoms with Crippen molar-refractivity contribution in [3.8, 4) is 11.5 Å². The molecule has 10 heterocycles. The molecule has 25 nitrogen and oxygen atoms in total. The number of hydrogen-bond donors (Lipinski definition) is 6. The minimum absolute atomic E-state index is 0.0364. The molecular weight excluding hydrogens is 1840 g/mol. The summed E-state index contributed by atoms with van der Waals surface area (Å²) in [7, 11) is 3.38. The lowest BCUT2D eigenvalue weighted by Gasteiger charge is -2.40. The number of anilines is 1. The molecule has 138 heavy (non-hydrogen) atoms. The van der Waals surface area contributed by atoms with Gasteiger partial charge in [-0.05, 0) is 237 Å². The van der Waals surface area contributed by atoms with Gasteiger partial charge in [-0.15, -0.1) is 0 Å². The molecule has 20 rings (SSSR count). The number of fused-ring (bicyclic) bond motifs is 12. The van der Waals surface area contributed by atoms with Gasteiger partial charge in [0.05, 0.1) is 52.7 Å². The van der Waals surface area contributed by atoms with Crippen LogP contribution in [0.15, 0.2) is 193 Å². The number of amides is 5. The Balaban J connectivity index is 0.000000128. The Morgan fingerprint density at radius 3 is 1.43 bits per heavy atom. The van der Waals surface area contributed by atoms with E-state index in [1.165, 1.54) is 78.8 Å². The predicted octanol–water partition coefficient (Wildman–Crippen LogP) is 23.4. The van der Waals surface area contributed by atoms with E-state index in [0.717, 1.165) is 170 Å². The van der Waals surface area contributed by atoms with Crippen molar-refractivity contribution in [1.29, 1.82) is 0 Å².